The zero-order valence-electron chi connectivity index (χ0n) is 9.30. The molecule has 0 aliphatic carbocycles. The van der Waals surface area contributed by atoms with Gasteiger partial charge in [0.1, 0.15) is 0 Å². The molecule has 92 valence electrons. The second-order valence-electron chi connectivity index (χ2n) is 3.48. The number of rotatable bonds is 2. The number of esters is 1. The molecule has 0 unspecified atom stereocenters. The van der Waals surface area contributed by atoms with Crippen molar-refractivity contribution in [1.82, 2.24) is 4.98 Å². The standard InChI is InChI=1S/C11H8N2O5/c1-18-11(15)7-4-2-3-6-9(7)8(13(16)17)5-12-10(6)14/h2-5H,1H3,(H,12,14). The lowest BCUT2D eigenvalue weighted by atomic mass is 10.1. The molecule has 18 heavy (non-hydrogen) atoms. The van der Waals surface area contributed by atoms with E-state index in [0.29, 0.717) is 0 Å². The summed E-state index contributed by atoms with van der Waals surface area (Å²) in [6.07, 6.45) is 0.969. The number of pyridine rings is 1. The summed E-state index contributed by atoms with van der Waals surface area (Å²) in [4.78, 5) is 35.7. The van der Waals surface area contributed by atoms with Gasteiger partial charge in [-0.1, -0.05) is 6.07 Å². The normalized spacial score (nSPS) is 10.3. The molecular weight excluding hydrogens is 240 g/mol. The van der Waals surface area contributed by atoms with Gasteiger partial charge in [-0.15, -0.1) is 0 Å². The molecule has 1 heterocycles. The van der Waals surface area contributed by atoms with Crippen molar-refractivity contribution in [2.45, 2.75) is 0 Å². The first-order chi connectivity index (χ1) is 8.56. The molecule has 0 aliphatic rings. The maximum Gasteiger partial charge on any atom is 0.338 e. The summed E-state index contributed by atoms with van der Waals surface area (Å²) >= 11 is 0. The van der Waals surface area contributed by atoms with Gasteiger partial charge in [0.15, 0.2) is 0 Å². The SMILES string of the molecule is COC(=O)c1cccc2c(=O)[nH]cc([N+](=O)[O-])c12. The Bertz CT molecular complexity index is 704. The topological polar surface area (TPSA) is 102 Å². The largest absolute Gasteiger partial charge is 0.465 e. The highest BCUT2D eigenvalue weighted by Gasteiger charge is 2.21. The third-order valence-electron chi connectivity index (χ3n) is 2.51. The molecule has 7 heteroatoms. The monoisotopic (exact) mass is 248 g/mol. The van der Waals surface area contributed by atoms with Gasteiger partial charge in [-0.25, -0.2) is 4.79 Å². The highest BCUT2D eigenvalue weighted by atomic mass is 16.6. The summed E-state index contributed by atoms with van der Waals surface area (Å²) in [7, 11) is 1.17. The Morgan fingerprint density at radius 2 is 2.17 bits per heavy atom. The van der Waals surface area contributed by atoms with Crippen LogP contribution in [0.4, 0.5) is 5.69 Å². The molecule has 1 aromatic heterocycles. The van der Waals surface area contributed by atoms with Crippen molar-refractivity contribution in [3.63, 3.8) is 0 Å². The molecule has 0 spiro atoms. The summed E-state index contributed by atoms with van der Waals surface area (Å²) < 4.78 is 4.55. The van der Waals surface area contributed by atoms with Crippen LogP contribution in [-0.4, -0.2) is 23.0 Å². The van der Waals surface area contributed by atoms with Gasteiger partial charge in [0.05, 0.1) is 34.6 Å². The average Bonchev–Trinajstić information content (AvgIpc) is 2.37. The van der Waals surface area contributed by atoms with Crippen LogP contribution in [0.1, 0.15) is 10.4 Å². The predicted octanol–water partition coefficient (Wildman–Crippen LogP) is 1.22. The van der Waals surface area contributed by atoms with Crippen molar-refractivity contribution < 1.29 is 14.5 Å². The third kappa shape index (κ3) is 1.71. The van der Waals surface area contributed by atoms with Gasteiger partial charge < -0.3 is 9.72 Å². The van der Waals surface area contributed by atoms with Gasteiger partial charge in [0, 0.05) is 0 Å². The van der Waals surface area contributed by atoms with Crippen molar-refractivity contribution in [2.75, 3.05) is 7.11 Å². The number of carbonyl (C=O) groups excluding carboxylic acids is 1. The summed E-state index contributed by atoms with van der Waals surface area (Å²) in [5.41, 5.74) is -0.847. The number of aromatic amines is 1. The molecule has 2 aromatic rings. The fraction of sp³-hybridized carbons (Fsp3) is 0.0909. The summed E-state index contributed by atoms with van der Waals surface area (Å²) in [5, 5.41) is 11.0. The Hall–Kier alpha value is -2.70. The lowest BCUT2D eigenvalue weighted by molar-refractivity contribution is -0.383. The number of nitrogens with zero attached hydrogens (tertiary/aromatic N) is 1. The van der Waals surface area contributed by atoms with Crippen LogP contribution in [0, 0.1) is 10.1 Å². The Labute approximate surface area is 100 Å². The maximum absolute atomic E-state index is 11.6. The summed E-state index contributed by atoms with van der Waals surface area (Å²) in [6, 6.07) is 4.25. The molecule has 2 rings (SSSR count). The second kappa shape index (κ2) is 4.28. The summed E-state index contributed by atoms with van der Waals surface area (Å²) in [5.74, 6) is -0.727. The van der Waals surface area contributed by atoms with Crippen molar-refractivity contribution in [2.24, 2.45) is 0 Å². The second-order valence-corrected chi connectivity index (χ2v) is 3.48. The van der Waals surface area contributed by atoms with E-state index in [9.17, 15) is 19.7 Å². The van der Waals surface area contributed by atoms with E-state index in [1.165, 1.54) is 25.3 Å². The first-order valence-electron chi connectivity index (χ1n) is 4.93. The van der Waals surface area contributed by atoms with E-state index in [-0.39, 0.29) is 22.0 Å². The number of aromatic nitrogens is 1. The molecule has 0 fully saturated rings. The number of benzene rings is 1. The van der Waals surface area contributed by atoms with Crippen molar-refractivity contribution in [3.8, 4) is 0 Å². The average molecular weight is 248 g/mol. The van der Waals surface area contributed by atoms with Gasteiger partial charge in [-0.2, -0.15) is 0 Å². The quantitative estimate of drug-likeness (QED) is 0.489. The number of carbonyl (C=O) groups is 1. The number of nitro groups is 1. The highest BCUT2D eigenvalue weighted by Crippen LogP contribution is 2.26. The number of methoxy groups -OCH3 is 1. The number of H-pyrrole nitrogens is 1. The maximum atomic E-state index is 11.6. The number of fused-ring (bicyclic) bond motifs is 1. The zero-order valence-corrected chi connectivity index (χ0v) is 9.30. The third-order valence-corrected chi connectivity index (χ3v) is 2.51. The lowest BCUT2D eigenvalue weighted by Gasteiger charge is -2.04. The first-order valence-corrected chi connectivity index (χ1v) is 4.93. The predicted molar refractivity (Wildman–Crippen MR) is 62.6 cm³/mol. The lowest BCUT2D eigenvalue weighted by Crippen LogP contribution is -2.11. The van der Waals surface area contributed by atoms with E-state index in [1.54, 1.807) is 0 Å². The van der Waals surface area contributed by atoms with Crippen molar-refractivity contribution >= 4 is 22.4 Å². The van der Waals surface area contributed by atoms with Crippen LogP contribution >= 0.6 is 0 Å². The molecular formula is C11H8N2O5. The molecule has 0 atom stereocenters. The van der Waals surface area contributed by atoms with E-state index < -0.39 is 16.5 Å². The van der Waals surface area contributed by atoms with Gasteiger partial charge in [0.25, 0.3) is 11.2 Å². The van der Waals surface area contributed by atoms with E-state index >= 15 is 0 Å². The fourth-order valence-electron chi connectivity index (χ4n) is 1.73. The van der Waals surface area contributed by atoms with Crippen molar-refractivity contribution in [3.05, 3.63) is 50.4 Å². The minimum absolute atomic E-state index is 0.00667. The van der Waals surface area contributed by atoms with E-state index in [4.69, 9.17) is 0 Å². The number of hydrogen-bond acceptors (Lipinski definition) is 5. The minimum atomic E-state index is -0.727. The van der Waals surface area contributed by atoms with Gasteiger partial charge >= 0.3 is 5.97 Å². The van der Waals surface area contributed by atoms with E-state index in [0.717, 1.165) is 6.20 Å². The van der Waals surface area contributed by atoms with E-state index in [2.05, 4.69) is 9.72 Å². The van der Waals surface area contributed by atoms with Gasteiger partial charge in [0.2, 0.25) is 0 Å². The molecule has 0 bridgehead atoms. The van der Waals surface area contributed by atoms with Crippen molar-refractivity contribution in [1.29, 1.82) is 0 Å². The summed E-state index contributed by atoms with van der Waals surface area (Å²) in [6.45, 7) is 0. The molecule has 0 amide bonds. The van der Waals surface area contributed by atoms with Crippen LogP contribution < -0.4 is 5.56 Å². The van der Waals surface area contributed by atoms with Crippen LogP contribution in [0.15, 0.2) is 29.2 Å². The molecule has 0 saturated heterocycles. The molecule has 0 saturated carbocycles. The van der Waals surface area contributed by atoms with Crippen LogP contribution in [0.2, 0.25) is 0 Å². The van der Waals surface area contributed by atoms with Gasteiger partial charge in [-0.05, 0) is 12.1 Å². The van der Waals surface area contributed by atoms with E-state index in [1.807, 2.05) is 0 Å². The number of nitrogens with one attached hydrogen (secondary N) is 1. The molecule has 1 N–H and O–H groups in total. The van der Waals surface area contributed by atoms with Crippen LogP contribution in [-0.2, 0) is 4.74 Å². The van der Waals surface area contributed by atoms with Gasteiger partial charge in [-0.3, -0.25) is 14.9 Å². The molecule has 0 aliphatic heterocycles. The Kier molecular flexibility index (Phi) is 2.80. The first kappa shape index (κ1) is 11.8. The Morgan fingerprint density at radius 1 is 1.44 bits per heavy atom. The fourth-order valence-corrected chi connectivity index (χ4v) is 1.73. The number of hydrogen-bond donors (Lipinski definition) is 1. The molecule has 1 aromatic carbocycles. The molecule has 0 radical (unpaired) electrons. The smallest absolute Gasteiger partial charge is 0.338 e. The molecule has 7 nitrogen and oxygen atoms in total. The number of ether oxygens (including phenoxy) is 1. The highest BCUT2D eigenvalue weighted by molar-refractivity contribution is 6.07. The van der Waals surface area contributed by atoms with Crippen LogP contribution in [0.25, 0.3) is 10.8 Å². The zero-order chi connectivity index (χ0) is 13.3. The Morgan fingerprint density at radius 3 is 2.78 bits per heavy atom. The minimum Gasteiger partial charge on any atom is -0.465 e. The van der Waals surface area contributed by atoms with Crippen LogP contribution in [0.5, 0.6) is 0 Å². The Balaban J connectivity index is 2.97. The van der Waals surface area contributed by atoms with Crippen LogP contribution in [0.3, 0.4) is 0 Å².